The summed E-state index contributed by atoms with van der Waals surface area (Å²) in [5, 5.41) is 3.60. The van der Waals surface area contributed by atoms with Crippen LogP contribution in [-0.4, -0.2) is 53.3 Å². The molecule has 9 heteroatoms. The Labute approximate surface area is 179 Å². The Morgan fingerprint density at radius 2 is 2.10 bits per heavy atom. The van der Waals surface area contributed by atoms with Gasteiger partial charge in [-0.25, -0.2) is 4.79 Å². The number of carbonyl (C=O) groups is 3. The number of nitrogens with one attached hydrogen (secondary N) is 1. The van der Waals surface area contributed by atoms with Gasteiger partial charge in [0, 0.05) is 24.4 Å². The highest BCUT2D eigenvalue weighted by Crippen LogP contribution is 2.40. The summed E-state index contributed by atoms with van der Waals surface area (Å²) in [4.78, 5) is 44.8. The summed E-state index contributed by atoms with van der Waals surface area (Å²) in [6.45, 7) is 7.12. The molecule has 0 unspecified atom stereocenters. The van der Waals surface area contributed by atoms with Crippen LogP contribution < -0.4 is 5.32 Å². The Morgan fingerprint density at radius 3 is 2.76 bits per heavy atom. The number of esters is 1. The van der Waals surface area contributed by atoms with E-state index in [9.17, 15) is 14.4 Å². The summed E-state index contributed by atoms with van der Waals surface area (Å²) in [6.07, 6.45) is 2.77. The maximum atomic E-state index is 12.7. The number of hydrogen-bond acceptors (Lipinski definition) is 7. The van der Waals surface area contributed by atoms with E-state index in [0.29, 0.717) is 34.7 Å². The van der Waals surface area contributed by atoms with Gasteiger partial charge >= 0.3 is 5.97 Å². The van der Waals surface area contributed by atoms with Crippen molar-refractivity contribution >= 4 is 51.1 Å². The van der Waals surface area contributed by atoms with Crippen LogP contribution in [0, 0.1) is 5.92 Å². The van der Waals surface area contributed by atoms with Gasteiger partial charge < -0.3 is 10.1 Å². The predicted molar refractivity (Wildman–Crippen MR) is 117 cm³/mol. The first-order chi connectivity index (χ1) is 13.9. The molecule has 1 aromatic rings. The molecule has 0 spiro atoms. The van der Waals surface area contributed by atoms with E-state index in [1.165, 1.54) is 30.2 Å². The van der Waals surface area contributed by atoms with E-state index in [2.05, 4.69) is 17.2 Å². The van der Waals surface area contributed by atoms with Crippen molar-refractivity contribution in [3.8, 4) is 0 Å². The van der Waals surface area contributed by atoms with Gasteiger partial charge in [-0.05, 0) is 44.6 Å². The molecular weight excluding hydrogens is 410 g/mol. The molecule has 1 fully saturated rings. The van der Waals surface area contributed by atoms with Crippen molar-refractivity contribution in [3.05, 3.63) is 16.0 Å². The highest BCUT2D eigenvalue weighted by Gasteiger charge is 2.38. The van der Waals surface area contributed by atoms with Crippen LogP contribution in [0.25, 0.3) is 0 Å². The second kappa shape index (κ2) is 9.30. The number of nitrogens with zero attached hydrogens (tertiary/aromatic N) is 2. The Morgan fingerprint density at radius 1 is 1.34 bits per heavy atom. The predicted octanol–water partition coefficient (Wildman–Crippen LogP) is 3.33. The average molecular weight is 438 g/mol. The van der Waals surface area contributed by atoms with Gasteiger partial charge in [0.1, 0.15) is 10.3 Å². The molecule has 29 heavy (non-hydrogen) atoms. The number of methoxy groups -OCH3 is 1. The van der Waals surface area contributed by atoms with E-state index >= 15 is 0 Å². The molecule has 1 aliphatic heterocycles. The molecule has 1 aromatic heterocycles. The molecule has 2 heterocycles. The number of fused-ring (bicyclic) bond motifs is 1. The van der Waals surface area contributed by atoms with Gasteiger partial charge in [0.25, 0.3) is 0 Å². The number of thioether (sulfide) groups is 1. The van der Waals surface area contributed by atoms with Crippen molar-refractivity contribution < 1.29 is 19.1 Å². The molecule has 2 aliphatic rings. The molecule has 3 rings (SSSR count). The van der Waals surface area contributed by atoms with Crippen LogP contribution in [0.4, 0.5) is 5.00 Å². The number of rotatable bonds is 6. The van der Waals surface area contributed by atoms with Gasteiger partial charge in [0.05, 0.1) is 12.7 Å². The number of carbonyl (C=O) groups excluding carboxylic acids is 3. The van der Waals surface area contributed by atoms with Crippen LogP contribution in [0.5, 0.6) is 0 Å². The molecule has 1 saturated heterocycles. The largest absolute Gasteiger partial charge is 0.465 e. The SMILES string of the molecule is CCN=C1S[C@@H](CC(=O)Nc2sc3c(c2C(=O)OC)CC[C@@H](C)C3)C(=O)N1CC. The van der Waals surface area contributed by atoms with E-state index in [0.717, 1.165) is 29.7 Å². The minimum absolute atomic E-state index is 0.0440. The summed E-state index contributed by atoms with van der Waals surface area (Å²) in [6, 6.07) is 0. The van der Waals surface area contributed by atoms with E-state index in [4.69, 9.17) is 4.74 Å². The third-order valence-electron chi connectivity index (χ3n) is 5.15. The molecule has 0 saturated carbocycles. The third kappa shape index (κ3) is 4.50. The second-order valence-corrected chi connectivity index (χ2v) is 9.52. The Kier molecular flexibility index (Phi) is 7.00. The van der Waals surface area contributed by atoms with E-state index < -0.39 is 11.2 Å². The lowest BCUT2D eigenvalue weighted by Crippen LogP contribution is -2.33. The van der Waals surface area contributed by atoms with Gasteiger partial charge in [-0.3, -0.25) is 19.5 Å². The topological polar surface area (TPSA) is 88.1 Å². The number of amidine groups is 1. The molecule has 7 nitrogen and oxygen atoms in total. The Hall–Kier alpha value is -1.87. The highest BCUT2D eigenvalue weighted by atomic mass is 32.2. The fourth-order valence-corrected chi connectivity index (χ4v) is 6.37. The molecule has 0 bridgehead atoms. The zero-order valence-corrected chi connectivity index (χ0v) is 18.9. The molecular formula is C20H27N3O4S2. The summed E-state index contributed by atoms with van der Waals surface area (Å²) in [5.41, 5.74) is 1.47. The lowest BCUT2D eigenvalue weighted by Gasteiger charge is -2.18. The molecule has 2 amide bonds. The molecule has 158 valence electrons. The van der Waals surface area contributed by atoms with Crippen molar-refractivity contribution in [2.75, 3.05) is 25.5 Å². The van der Waals surface area contributed by atoms with Gasteiger partial charge in [-0.1, -0.05) is 18.7 Å². The lowest BCUT2D eigenvalue weighted by molar-refractivity contribution is -0.128. The number of amides is 2. The maximum absolute atomic E-state index is 12.7. The number of thiophene rings is 1. The minimum Gasteiger partial charge on any atom is -0.465 e. The summed E-state index contributed by atoms with van der Waals surface area (Å²) >= 11 is 2.79. The van der Waals surface area contributed by atoms with Crippen molar-refractivity contribution in [1.82, 2.24) is 4.90 Å². The quantitative estimate of drug-likeness (QED) is 0.690. The van der Waals surface area contributed by atoms with Gasteiger partial charge in [0.15, 0.2) is 5.17 Å². The number of hydrogen-bond donors (Lipinski definition) is 1. The fraction of sp³-hybridized carbons (Fsp3) is 0.600. The first-order valence-corrected chi connectivity index (χ1v) is 11.6. The van der Waals surface area contributed by atoms with Crippen molar-refractivity contribution in [1.29, 1.82) is 0 Å². The molecule has 1 N–H and O–H groups in total. The van der Waals surface area contributed by atoms with E-state index in [-0.39, 0.29) is 18.2 Å². The highest BCUT2D eigenvalue weighted by molar-refractivity contribution is 8.15. The number of ether oxygens (including phenoxy) is 1. The van der Waals surface area contributed by atoms with Crippen LogP contribution in [0.15, 0.2) is 4.99 Å². The van der Waals surface area contributed by atoms with Crippen LogP contribution in [0.1, 0.15) is 54.4 Å². The zero-order valence-electron chi connectivity index (χ0n) is 17.2. The Bertz CT molecular complexity index is 849. The van der Waals surface area contributed by atoms with Crippen LogP contribution in [0.2, 0.25) is 0 Å². The molecule has 2 atom stereocenters. The van der Waals surface area contributed by atoms with Crippen LogP contribution in [0.3, 0.4) is 0 Å². The standard InChI is InChI=1S/C20H27N3O4S2/c1-5-21-20-23(6-2)18(25)14(29-20)10-15(24)22-17-16(19(26)27-4)12-8-7-11(3)9-13(12)28-17/h11,14H,5-10H2,1-4H3,(H,22,24)/t11-,14+/m1/s1. The first kappa shape index (κ1) is 21.8. The zero-order chi connectivity index (χ0) is 21.1. The van der Waals surface area contributed by atoms with Gasteiger partial charge in [-0.2, -0.15) is 0 Å². The molecule has 0 radical (unpaired) electrons. The fourth-order valence-electron chi connectivity index (χ4n) is 3.69. The van der Waals surface area contributed by atoms with Crippen LogP contribution in [-0.2, 0) is 27.2 Å². The minimum atomic E-state index is -0.489. The van der Waals surface area contributed by atoms with Crippen molar-refractivity contribution in [2.45, 2.75) is 51.7 Å². The number of anilines is 1. The monoisotopic (exact) mass is 437 g/mol. The van der Waals surface area contributed by atoms with Gasteiger partial charge in [-0.15, -0.1) is 11.3 Å². The summed E-state index contributed by atoms with van der Waals surface area (Å²) in [5.74, 6) is -0.235. The van der Waals surface area contributed by atoms with E-state index in [1.807, 2.05) is 13.8 Å². The smallest absolute Gasteiger partial charge is 0.341 e. The normalized spacial score (nSPS) is 22.7. The second-order valence-electron chi connectivity index (χ2n) is 7.25. The first-order valence-electron chi connectivity index (χ1n) is 9.94. The summed E-state index contributed by atoms with van der Waals surface area (Å²) in [7, 11) is 1.35. The van der Waals surface area contributed by atoms with Crippen molar-refractivity contribution in [3.63, 3.8) is 0 Å². The maximum Gasteiger partial charge on any atom is 0.341 e. The summed E-state index contributed by atoms with van der Waals surface area (Å²) < 4.78 is 4.97. The van der Waals surface area contributed by atoms with E-state index in [1.54, 1.807) is 4.90 Å². The van der Waals surface area contributed by atoms with Gasteiger partial charge in [0.2, 0.25) is 11.8 Å². The third-order valence-corrected chi connectivity index (χ3v) is 7.54. The molecule has 1 aliphatic carbocycles. The number of aliphatic imine (C=N–C) groups is 1. The Balaban J connectivity index is 1.77. The average Bonchev–Trinajstić information content (AvgIpc) is 3.17. The van der Waals surface area contributed by atoms with Crippen molar-refractivity contribution in [2.24, 2.45) is 10.9 Å². The van der Waals surface area contributed by atoms with Crippen LogP contribution >= 0.6 is 23.1 Å². The molecule has 0 aromatic carbocycles. The lowest BCUT2D eigenvalue weighted by atomic mass is 9.88.